The van der Waals surface area contributed by atoms with Gasteiger partial charge in [-0.15, -0.1) is 13.2 Å². The lowest BCUT2D eigenvalue weighted by atomic mass is 10.1. The van der Waals surface area contributed by atoms with Gasteiger partial charge in [0.05, 0.1) is 18.7 Å². The first-order chi connectivity index (χ1) is 15.1. The van der Waals surface area contributed by atoms with Crippen LogP contribution in [0.2, 0.25) is 0 Å². The van der Waals surface area contributed by atoms with Gasteiger partial charge in [0.2, 0.25) is 5.91 Å². The van der Waals surface area contributed by atoms with E-state index in [1.54, 1.807) is 12.1 Å². The van der Waals surface area contributed by atoms with Gasteiger partial charge >= 0.3 is 18.4 Å². The fraction of sp³-hybridized carbons (Fsp3) is 0.200. The number of nitrogens with one attached hydrogen (secondary N) is 2. The van der Waals surface area contributed by atoms with Crippen LogP contribution in [0.5, 0.6) is 5.75 Å². The molecule has 2 N–H and O–H groups in total. The number of rotatable bonds is 7. The fourth-order valence-corrected chi connectivity index (χ4v) is 2.70. The molecule has 168 valence electrons. The maximum Gasteiger partial charge on any atom is 0.573 e. The first kappa shape index (κ1) is 22.6. The smallest absolute Gasteiger partial charge is 0.452 e. The van der Waals surface area contributed by atoms with Gasteiger partial charge in [0, 0.05) is 5.69 Å². The molecule has 9 nitrogen and oxygen atoms in total. The molecular weight excluding hydrogens is 435 g/mol. The van der Waals surface area contributed by atoms with Crippen LogP contribution < -0.4 is 15.4 Å². The molecule has 0 radical (unpaired) electrons. The summed E-state index contributed by atoms with van der Waals surface area (Å²) in [5, 5.41) is 4.77. The van der Waals surface area contributed by atoms with E-state index in [0.29, 0.717) is 5.56 Å². The van der Waals surface area contributed by atoms with Crippen molar-refractivity contribution in [3.05, 3.63) is 59.7 Å². The van der Waals surface area contributed by atoms with Gasteiger partial charge in [0.15, 0.2) is 6.61 Å². The number of carbonyl (C=O) groups excluding carboxylic acids is 4. The maximum absolute atomic E-state index is 12.1. The van der Waals surface area contributed by atoms with Crippen LogP contribution in [0.3, 0.4) is 0 Å². The minimum atomic E-state index is -4.82. The van der Waals surface area contributed by atoms with Gasteiger partial charge in [-0.3, -0.25) is 14.5 Å². The van der Waals surface area contributed by atoms with E-state index in [0.717, 1.165) is 17.0 Å². The first-order valence-corrected chi connectivity index (χ1v) is 9.10. The number of imide groups is 1. The topological polar surface area (TPSA) is 114 Å². The van der Waals surface area contributed by atoms with Crippen molar-refractivity contribution in [3.8, 4) is 5.75 Å². The van der Waals surface area contributed by atoms with Crippen LogP contribution in [0.4, 0.5) is 23.7 Å². The Hall–Kier alpha value is -4.09. The van der Waals surface area contributed by atoms with Crippen molar-refractivity contribution in [3.63, 3.8) is 0 Å². The maximum atomic E-state index is 12.1. The molecule has 3 rings (SSSR count). The summed E-state index contributed by atoms with van der Waals surface area (Å²) in [5.41, 5.74) is 0.945. The van der Waals surface area contributed by atoms with E-state index in [2.05, 4.69) is 15.4 Å². The summed E-state index contributed by atoms with van der Waals surface area (Å²) >= 11 is 0. The number of amides is 4. The second-order valence-corrected chi connectivity index (χ2v) is 6.53. The summed E-state index contributed by atoms with van der Waals surface area (Å²) in [4.78, 5) is 48.2. The Balaban J connectivity index is 1.47. The fourth-order valence-electron chi connectivity index (χ4n) is 2.70. The van der Waals surface area contributed by atoms with Crippen LogP contribution in [0.15, 0.2) is 48.5 Å². The van der Waals surface area contributed by atoms with Crippen molar-refractivity contribution < 1.29 is 41.8 Å². The number of halogens is 3. The molecule has 1 aliphatic rings. The average Bonchev–Trinajstić information content (AvgIpc) is 3.05. The molecule has 0 aliphatic carbocycles. The molecule has 0 saturated carbocycles. The van der Waals surface area contributed by atoms with E-state index in [1.165, 1.54) is 24.3 Å². The lowest BCUT2D eigenvalue weighted by Gasteiger charge is -2.12. The Labute approximate surface area is 179 Å². The minimum Gasteiger partial charge on any atom is -0.452 e. The molecule has 2 aromatic carbocycles. The zero-order valence-electron chi connectivity index (χ0n) is 16.3. The Morgan fingerprint density at radius 1 is 1.03 bits per heavy atom. The molecule has 32 heavy (non-hydrogen) atoms. The monoisotopic (exact) mass is 451 g/mol. The molecule has 1 saturated heterocycles. The highest BCUT2D eigenvalue weighted by atomic mass is 19.4. The van der Waals surface area contributed by atoms with Crippen molar-refractivity contribution in [2.45, 2.75) is 12.9 Å². The average molecular weight is 451 g/mol. The summed E-state index contributed by atoms with van der Waals surface area (Å²) in [6.45, 7) is -0.629. The largest absolute Gasteiger partial charge is 0.573 e. The first-order valence-electron chi connectivity index (χ1n) is 9.10. The highest BCUT2D eigenvalue weighted by molar-refractivity contribution is 6.01. The number of esters is 1. The number of alkyl halides is 3. The summed E-state index contributed by atoms with van der Waals surface area (Å²) in [7, 11) is 0. The molecule has 1 heterocycles. The number of hydrogen-bond donors (Lipinski definition) is 2. The second-order valence-electron chi connectivity index (χ2n) is 6.53. The van der Waals surface area contributed by atoms with Gasteiger partial charge in [0.25, 0.3) is 5.91 Å². The number of nitrogens with zero attached hydrogens (tertiary/aromatic N) is 1. The van der Waals surface area contributed by atoms with E-state index in [1.807, 2.05) is 0 Å². The predicted octanol–water partition coefficient (Wildman–Crippen LogP) is 2.43. The zero-order chi connectivity index (χ0) is 23.3. The van der Waals surface area contributed by atoms with E-state index >= 15 is 0 Å². The zero-order valence-corrected chi connectivity index (χ0v) is 16.3. The van der Waals surface area contributed by atoms with E-state index in [9.17, 15) is 32.3 Å². The molecule has 1 fully saturated rings. The van der Waals surface area contributed by atoms with Gasteiger partial charge in [-0.1, -0.05) is 12.1 Å². The second kappa shape index (κ2) is 9.37. The number of ether oxygens (including phenoxy) is 2. The van der Waals surface area contributed by atoms with Crippen molar-refractivity contribution in [1.82, 2.24) is 10.2 Å². The van der Waals surface area contributed by atoms with Crippen LogP contribution in [-0.4, -0.2) is 48.2 Å². The van der Waals surface area contributed by atoms with Crippen LogP contribution in [-0.2, 0) is 20.9 Å². The number of benzene rings is 2. The van der Waals surface area contributed by atoms with Crippen LogP contribution >= 0.6 is 0 Å². The molecule has 1 aliphatic heterocycles. The van der Waals surface area contributed by atoms with Crippen LogP contribution in [0, 0.1) is 0 Å². The van der Waals surface area contributed by atoms with Crippen molar-refractivity contribution in [2.75, 3.05) is 18.5 Å². The van der Waals surface area contributed by atoms with Crippen molar-refractivity contribution in [2.24, 2.45) is 0 Å². The third kappa shape index (κ3) is 6.20. The minimum absolute atomic E-state index is 0.0508. The van der Waals surface area contributed by atoms with Crippen molar-refractivity contribution in [1.29, 1.82) is 0 Å². The van der Waals surface area contributed by atoms with Gasteiger partial charge in [-0.2, -0.15) is 0 Å². The summed E-state index contributed by atoms with van der Waals surface area (Å²) < 4.78 is 45.1. The summed E-state index contributed by atoms with van der Waals surface area (Å²) in [6.07, 6.45) is -4.82. The standard InChI is InChI=1S/C20H16F3N3O6/c21-20(22,23)32-15-7-5-14(6-8-15)25-16(27)11-31-18(29)13-3-1-12(2-4-13)10-26-17(28)9-24-19(26)30/h1-8H,9-11H2,(H,24,30)(H,25,27). The lowest BCUT2D eigenvalue weighted by molar-refractivity contribution is -0.274. The molecular formula is C20H16F3N3O6. The molecule has 0 bridgehead atoms. The quantitative estimate of drug-likeness (QED) is 0.494. The van der Waals surface area contributed by atoms with Crippen LogP contribution in [0.25, 0.3) is 0 Å². The summed E-state index contributed by atoms with van der Waals surface area (Å²) in [6, 6.07) is 9.88. The van der Waals surface area contributed by atoms with E-state index < -0.39 is 36.6 Å². The Morgan fingerprint density at radius 3 is 2.25 bits per heavy atom. The highest BCUT2D eigenvalue weighted by Gasteiger charge is 2.31. The molecule has 12 heteroatoms. The molecule has 0 spiro atoms. The van der Waals surface area contributed by atoms with Gasteiger partial charge in [-0.25, -0.2) is 9.59 Å². The normalized spacial score (nSPS) is 13.5. The lowest BCUT2D eigenvalue weighted by Crippen LogP contribution is -2.30. The Bertz CT molecular complexity index is 1010. The summed E-state index contributed by atoms with van der Waals surface area (Å²) in [5.74, 6) is -2.28. The number of carbonyl (C=O) groups is 4. The van der Waals surface area contributed by atoms with E-state index in [4.69, 9.17) is 4.74 Å². The highest BCUT2D eigenvalue weighted by Crippen LogP contribution is 2.24. The number of hydrogen-bond acceptors (Lipinski definition) is 6. The molecule has 2 aromatic rings. The van der Waals surface area contributed by atoms with Crippen molar-refractivity contribution >= 4 is 29.5 Å². The SMILES string of the molecule is O=C(COC(=O)c1ccc(CN2C(=O)CNC2=O)cc1)Nc1ccc(OC(F)(F)F)cc1. The van der Waals surface area contributed by atoms with Gasteiger partial charge < -0.3 is 20.1 Å². The van der Waals surface area contributed by atoms with E-state index in [-0.39, 0.29) is 30.2 Å². The molecule has 0 unspecified atom stereocenters. The molecule has 4 amide bonds. The third-order valence-corrected chi connectivity index (χ3v) is 4.17. The van der Waals surface area contributed by atoms with Crippen LogP contribution in [0.1, 0.15) is 15.9 Å². The number of anilines is 1. The number of urea groups is 1. The van der Waals surface area contributed by atoms with Gasteiger partial charge in [0.1, 0.15) is 5.75 Å². The molecule has 0 atom stereocenters. The Morgan fingerprint density at radius 2 is 1.69 bits per heavy atom. The predicted molar refractivity (Wildman–Crippen MR) is 102 cm³/mol. The van der Waals surface area contributed by atoms with Gasteiger partial charge in [-0.05, 0) is 42.0 Å². The third-order valence-electron chi connectivity index (χ3n) is 4.17. The Kier molecular flexibility index (Phi) is 6.61. The molecule has 0 aromatic heterocycles.